The van der Waals surface area contributed by atoms with E-state index < -0.39 is 17.0 Å². The Hall–Kier alpha value is -1.97. The van der Waals surface area contributed by atoms with Gasteiger partial charge in [0, 0.05) is 27.7 Å². The van der Waals surface area contributed by atoms with Gasteiger partial charge in [0.15, 0.2) is 6.29 Å². The van der Waals surface area contributed by atoms with Crippen LogP contribution in [0.25, 0.3) is 0 Å². The maximum atomic E-state index is 12.9. The van der Waals surface area contributed by atoms with Crippen molar-refractivity contribution in [2.45, 2.75) is 53.9 Å². The highest BCUT2D eigenvalue weighted by molar-refractivity contribution is 6.51. The number of ketones is 2. The van der Waals surface area contributed by atoms with Gasteiger partial charge >= 0.3 is 0 Å². The van der Waals surface area contributed by atoms with Gasteiger partial charge in [-0.3, -0.25) is 14.4 Å². The topological polar surface area (TPSA) is 71.4 Å². The Morgan fingerprint density at radius 2 is 1.71 bits per heavy atom. The van der Waals surface area contributed by atoms with Crippen LogP contribution in [-0.2, 0) is 14.4 Å². The number of rotatable bonds is 2. The highest BCUT2D eigenvalue weighted by Gasteiger charge is 2.56. The third kappa shape index (κ3) is 1.89. The first-order valence-electron chi connectivity index (χ1n) is 8.56. The summed E-state index contributed by atoms with van der Waals surface area (Å²) in [5, 5.41) is 10.8. The molecule has 0 aromatic carbocycles. The summed E-state index contributed by atoms with van der Waals surface area (Å²) in [6, 6.07) is 0. The van der Waals surface area contributed by atoms with Crippen LogP contribution in [-0.4, -0.2) is 23.0 Å². The fourth-order valence-electron chi connectivity index (χ4n) is 5.07. The lowest BCUT2D eigenvalue weighted by atomic mass is 9.58. The molecule has 4 nitrogen and oxygen atoms in total. The Morgan fingerprint density at radius 1 is 1.08 bits per heavy atom. The van der Waals surface area contributed by atoms with Crippen LogP contribution in [0, 0.1) is 16.7 Å². The number of fused-ring (bicyclic) bond motifs is 2. The molecule has 0 radical (unpaired) electrons. The minimum Gasteiger partial charge on any atom is -0.507 e. The molecule has 1 atom stereocenters. The molecule has 3 rings (SSSR count). The highest BCUT2D eigenvalue weighted by Crippen LogP contribution is 2.62. The zero-order valence-electron chi connectivity index (χ0n) is 14.9. The molecule has 1 fully saturated rings. The fourth-order valence-corrected chi connectivity index (χ4v) is 5.07. The molecule has 0 aliphatic heterocycles. The third-order valence-corrected chi connectivity index (χ3v) is 5.91. The number of Topliss-reactive ketones (excluding diaryl/α,β-unsaturated/α-hetero) is 2. The van der Waals surface area contributed by atoms with E-state index in [9.17, 15) is 19.5 Å². The van der Waals surface area contributed by atoms with E-state index >= 15 is 0 Å². The Bertz CT molecular complexity index is 773. The maximum absolute atomic E-state index is 12.9. The number of aliphatic hydroxyl groups excluding tert-OH is 1. The van der Waals surface area contributed by atoms with Crippen molar-refractivity contribution in [3.05, 3.63) is 33.6 Å². The van der Waals surface area contributed by atoms with Crippen LogP contribution in [0.4, 0.5) is 0 Å². The lowest BCUT2D eigenvalue weighted by Gasteiger charge is -2.45. The van der Waals surface area contributed by atoms with Gasteiger partial charge in [-0.15, -0.1) is 0 Å². The molecule has 1 N–H and O–H groups in total. The van der Waals surface area contributed by atoms with Gasteiger partial charge in [0.05, 0.1) is 0 Å². The van der Waals surface area contributed by atoms with Gasteiger partial charge in [-0.2, -0.15) is 0 Å². The number of aliphatic hydroxyl groups is 1. The van der Waals surface area contributed by atoms with E-state index in [0.29, 0.717) is 23.1 Å². The van der Waals surface area contributed by atoms with Crippen molar-refractivity contribution in [1.29, 1.82) is 0 Å². The first-order chi connectivity index (χ1) is 11.1. The quantitative estimate of drug-likeness (QED) is 0.477. The number of hydrogen-bond donors (Lipinski definition) is 1. The molecule has 1 unspecified atom stereocenters. The van der Waals surface area contributed by atoms with Crippen LogP contribution in [0.2, 0.25) is 0 Å². The summed E-state index contributed by atoms with van der Waals surface area (Å²) < 4.78 is 0. The molecular weight excluding hydrogens is 304 g/mol. The molecule has 0 amide bonds. The van der Waals surface area contributed by atoms with E-state index in [1.165, 1.54) is 0 Å². The Morgan fingerprint density at radius 3 is 2.25 bits per heavy atom. The predicted molar refractivity (Wildman–Crippen MR) is 90.4 cm³/mol. The molecule has 128 valence electrons. The maximum Gasteiger partial charge on any atom is 0.233 e. The highest BCUT2D eigenvalue weighted by atomic mass is 16.3. The van der Waals surface area contributed by atoms with E-state index in [-0.39, 0.29) is 22.7 Å². The third-order valence-electron chi connectivity index (χ3n) is 5.91. The largest absolute Gasteiger partial charge is 0.507 e. The van der Waals surface area contributed by atoms with Gasteiger partial charge in [-0.25, -0.2) is 0 Å². The standard InChI is InChI=1S/C20H24O4/c1-10(2)12-15(22)13-11(9-21)18-19(3,4)7-6-8-20(18,5)14(13)17(24)16(12)23/h9-10,22H,6-8H2,1-5H3. The van der Waals surface area contributed by atoms with E-state index in [2.05, 4.69) is 13.8 Å². The minimum atomic E-state index is -0.642. The number of carbonyl (C=O) groups excluding carboxylic acids is 3. The van der Waals surface area contributed by atoms with Crippen LogP contribution in [0.1, 0.15) is 53.9 Å². The predicted octanol–water partition coefficient (Wildman–Crippen LogP) is 3.63. The smallest absolute Gasteiger partial charge is 0.233 e. The summed E-state index contributed by atoms with van der Waals surface area (Å²) >= 11 is 0. The number of carbonyl (C=O) groups is 3. The fraction of sp³-hybridized carbons (Fsp3) is 0.550. The Balaban J connectivity index is 2.39. The average Bonchev–Trinajstić information content (AvgIpc) is 2.74. The molecule has 0 saturated heterocycles. The number of allylic oxidation sites excluding steroid dienone is 4. The van der Waals surface area contributed by atoms with Crippen LogP contribution in [0.5, 0.6) is 0 Å². The zero-order valence-corrected chi connectivity index (χ0v) is 14.9. The van der Waals surface area contributed by atoms with Gasteiger partial charge in [0.1, 0.15) is 5.76 Å². The lowest BCUT2D eigenvalue weighted by molar-refractivity contribution is -0.133. The molecule has 0 aromatic heterocycles. The molecular formula is C20H24O4. The van der Waals surface area contributed by atoms with Gasteiger partial charge in [0.25, 0.3) is 0 Å². The summed E-state index contributed by atoms with van der Waals surface area (Å²) in [5.41, 5.74) is 1.19. The number of hydrogen-bond acceptors (Lipinski definition) is 4. The van der Waals surface area contributed by atoms with Crippen molar-refractivity contribution in [2.75, 3.05) is 0 Å². The van der Waals surface area contributed by atoms with Crippen LogP contribution >= 0.6 is 0 Å². The Kier molecular flexibility index (Phi) is 3.52. The first kappa shape index (κ1) is 16.9. The second-order valence-electron chi connectivity index (χ2n) is 8.30. The molecule has 1 saturated carbocycles. The zero-order chi connectivity index (χ0) is 18.0. The second kappa shape index (κ2) is 5.01. The molecule has 3 aliphatic carbocycles. The van der Waals surface area contributed by atoms with Gasteiger partial charge < -0.3 is 5.11 Å². The second-order valence-corrected chi connectivity index (χ2v) is 8.30. The Labute approximate surface area is 142 Å². The van der Waals surface area contributed by atoms with Crippen molar-refractivity contribution in [1.82, 2.24) is 0 Å². The van der Waals surface area contributed by atoms with Crippen LogP contribution in [0.15, 0.2) is 33.6 Å². The molecule has 4 heteroatoms. The van der Waals surface area contributed by atoms with E-state index in [1.807, 2.05) is 6.92 Å². The SMILES string of the molecule is CC(C)C1=C(O)C2=C(C(=O)C1=O)C1(C)CCCC(C)(C)C1=C2C=O. The van der Waals surface area contributed by atoms with Crippen LogP contribution < -0.4 is 0 Å². The van der Waals surface area contributed by atoms with Gasteiger partial charge in [0.2, 0.25) is 11.6 Å². The summed E-state index contributed by atoms with van der Waals surface area (Å²) in [7, 11) is 0. The molecule has 0 aromatic rings. The van der Waals surface area contributed by atoms with Crippen LogP contribution in [0.3, 0.4) is 0 Å². The lowest BCUT2D eigenvalue weighted by Crippen LogP contribution is -2.39. The minimum absolute atomic E-state index is 0.124. The normalized spacial score (nSPS) is 29.4. The molecule has 24 heavy (non-hydrogen) atoms. The summed E-state index contributed by atoms with van der Waals surface area (Å²) in [6.45, 7) is 9.61. The molecule has 3 aliphatic rings. The van der Waals surface area contributed by atoms with Gasteiger partial charge in [-0.05, 0) is 29.7 Å². The summed E-state index contributed by atoms with van der Waals surface area (Å²) in [4.78, 5) is 37.4. The van der Waals surface area contributed by atoms with E-state index in [4.69, 9.17) is 0 Å². The van der Waals surface area contributed by atoms with Crippen molar-refractivity contribution in [2.24, 2.45) is 16.7 Å². The number of aldehydes is 1. The summed E-state index contributed by atoms with van der Waals surface area (Å²) in [5.74, 6) is -1.64. The molecule has 0 heterocycles. The van der Waals surface area contributed by atoms with Crippen molar-refractivity contribution in [3.63, 3.8) is 0 Å². The van der Waals surface area contributed by atoms with E-state index in [1.54, 1.807) is 13.8 Å². The summed E-state index contributed by atoms with van der Waals surface area (Å²) in [6.07, 6.45) is 3.30. The monoisotopic (exact) mass is 328 g/mol. The first-order valence-corrected chi connectivity index (χ1v) is 8.56. The van der Waals surface area contributed by atoms with Crippen molar-refractivity contribution >= 4 is 17.9 Å². The van der Waals surface area contributed by atoms with Gasteiger partial charge in [-0.1, -0.05) is 41.0 Å². The average molecular weight is 328 g/mol. The molecule has 0 spiro atoms. The van der Waals surface area contributed by atoms with Crippen molar-refractivity contribution in [3.8, 4) is 0 Å². The van der Waals surface area contributed by atoms with E-state index in [0.717, 1.165) is 24.7 Å². The molecule has 0 bridgehead atoms. The van der Waals surface area contributed by atoms with Crippen molar-refractivity contribution < 1.29 is 19.5 Å².